The maximum atomic E-state index is 12.1. The van der Waals surface area contributed by atoms with Gasteiger partial charge in [0.2, 0.25) is 11.8 Å². The monoisotopic (exact) mass is 360 g/mol. The maximum absolute atomic E-state index is 12.1. The van der Waals surface area contributed by atoms with Gasteiger partial charge in [-0.25, -0.2) is 0 Å². The van der Waals surface area contributed by atoms with Gasteiger partial charge < -0.3 is 10.6 Å². The minimum atomic E-state index is -0.179. The van der Waals surface area contributed by atoms with Crippen molar-refractivity contribution in [2.24, 2.45) is 0 Å². The highest BCUT2D eigenvalue weighted by molar-refractivity contribution is 9.10. The van der Waals surface area contributed by atoms with Crippen LogP contribution in [0.25, 0.3) is 0 Å². The second kappa shape index (κ2) is 7.75. The number of hydrogen-bond acceptors (Lipinski definition) is 2. The van der Waals surface area contributed by atoms with Crippen LogP contribution in [0.3, 0.4) is 0 Å². The number of amides is 2. The molecular formula is C17H17BrN2O2. The number of nitrogens with one attached hydrogen (secondary N) is 2. The lowest BCUT2D eigenvalue weighted by Crippen LogP contribution is -2.15. The lowest BCUT2D eigenvalue weighted by molar-refractivity contribution is -0.116. The van der Waals surface area contributed by atoms with Gasteiger partial charge in [-0.2, -0.15) is 0 Å². The third kappa shape index (κ3) is 5.00. The summed E-state index contributed by atoms with van der Waals surface area (Å²) in [7, 11) is 0. The highest BCUT2D eigenvalue weighted by Crippen LogP contribution is 2.26. The van der Waals surface area contributed by atoms with Crippen LogP contribution in [0.4, 0.5) is 11.4 Å². The van der Waals surface area contributed by atoms with E-state index in [0.29, 0.717) is 24.2 Å². The fourth-order valence-electron chi connectivity index (χ4n) is 2.03. The number of hydrogen-bond donors (Lipinski definition) is 2. The Balaban J connectivity index is 2.01. The van der Waals surface area contributed by atoms with Crippen molar-refractivity contribution >= 4 is 39.1 Å². The molecule has 2 N–H and O–H groups in total. The average molecular weight is 361 g/mol. The van der Waals surface area contributed by atoms with Crippen LogP contribution in [0, 0.1) is 0 Å². The van der Waals surface area contributed by atoms with Crippen LogP contribution >= 0.6 is 15.9 Å². The molecule has 0 fully saturated rings. The van der Waals surface area contributed by atoms with E-state index in [1.807, 2.05) is 36.4 Å². The normalized spacial score (nSPS) is 10.1. The van der Waals surface area contributed by atoms with E-state index in [1.165, 1.54) is 6.92 Å². The zero-order valence-electron chi connectivity index (χ0n) is 12.2. The SMILES string of the molecule is CC(=O)Nc1ccc(Br)cc1NC(=O)CCc1ccccc1. The molecule has 0 aliphatic heterocycles. The molecule has 0 saturated heterocycles. The second-order valence-corrected chi connectivity index (χ2v) is 5.82. The summed E-state index contributed by atoms with van der Waals surface area (Å²) in [6.45, 7) is 1.43. The van der Waals surface area contributed by atoms with Crippen molar-refractivity contribution < 1.29 is 9.59 Å². The van der Waals surface area contributed by atoms with Gasteiger partial charge in [-0.3, -0.25) is 9.59 Å². The van der Waals surface area contributed by atoms with E-state index in [-0.39, 0.29) is 11.8 Å². The van der Waals surface area contributed by atoms with Crippen molar-refractivity contribution in [2.45, 2.75) is 19.8 Å². The van der Waals surface area contributed by atoms with Gasteiger partial charge in [-0.05, 0) is 30.2 Å². The minimum Gasteiger partial charge on any atom is -0.325 e. The summed E-state index contributed by atoms with van der Waals surface area (Å²) in [4.78, 5) is 23.3. The number of rotatable bonds is 5. The van der Waals surface area contributed by atoms with Crippen molar-refractivity contribution in [3.8, 4) is 0 Å². The van der Waals surface area contributed by atoms with Crippen LogP contribution in [-0.4, -0.2) is 11.8 Å². The predicted molar refractivity (Wildman–Crippen MR) is 91.8 cm³/mol. The van der Waals surface area contributed by atoms with Gasteiger partial charge in [0.15, 0.2) is 0 Å². The van der Waals surface area contributed by atoms with Crippen LogP contribution in [-0.2, 0) is 16.0 Å². The molecule has 114 valence electrons. The van der Waals surface area contributed by atoms with Gasteiger partial charge >= 0.3 is 0 Å². The molecule has 2 rings (SSSR count). The van der Waals surface area contributed by atoms with E-state index in [2.05, 4.69) is 26.6 Å². The zero-order chi connectivity index (χ0) is 15.9. The summed E-state index contributed by atoms with van der Waals surface area (Å²) in [5.74, 6) is -0.268. The molecule has 0 aliphatic rings. The Bertz CT molecular complexity index is 672. The number of carbonyl (C=O) groups excluding carboxylic acids is 2. The van der Waals surface area contributed by atoms with Crippen molar-refractivity contribution in [3.05, 3.63) is 58.6 Å². The van der Waals surface area contributed by atoms with Gasteiger partial charge in [0.05, 0.1) is 11.4 Å². The zero-order valence-corrected chi connectivity index (χ0v) is 13.8. The highest BCUT2D eigenvalue weighted by Gasteiger charge is 2.09. The van der Waals surface area contributed by atoms with Crippen molar-refractivity contribution in [1.29, 1.82) is 0 Å². The molecule has 0 saturated carbocycles. The summed E-state index contributed by atoms with van der Waals surface area (Å²) in [6, 6.07) is 15.2. The van der Waals surface area contributed by atoms with Gasteiger partial charge in [0, 0.05) is 17.8 Å². The van der Waals surface area contributed by atoms with Crippen LogP contribution in [0.15, 0.2) is 53.0 Å². The van der Waals surface area contributed by atoms with Gasteiger partial charge in [0.25, 0.3) is 0 Å². The number of benzene rings is 2. The minimum absolute atomic E-state index is 0.0893. The summed E-state index contributed by atoms with van der Waals surface area (Å²) in [6.07, 6.45) is 1.06. The third-order valence-corrected chi connectivity index (χ3v) is 3.54. The fourth-order valence-corrected chi connectivity index (χ4v) is 2.39. The predicted octanol–water partition coefficient (Wildman–Crippen LogP) is 3.98. The van der Waals surface area contributed by atoms with Crippen molar-refractivity contribution in [3.63, 3.8) is 0 Å². The summed E-state index contributed by atoms with van der Waals surface area (Å²) in [5, 5.41) is 5.55. The first-order valence-electron chi connectivity index (χ1n) is 6.95. The summed E-state index contributed by atoms with van der Waals surface area (Å²) < 4.78 is 0.833. The summed E-state index contributed by atoms with van der Waals surface area (Å²) >= 11 is 3.36. The Morgan fingerprint density at radius 1 is 1.00 bits per heavy atom. The lowest BCUT2D eigenvalue weighted by atomic mass is 10.1. The molecule has 0 aliphatic carbocycles. The summed E-state index contributed by atoms with van der Waals surface area (Å²) in [5.41, 5.74) is 2.29. The Labute approximate surface area is 138 Å². The Hall–Kier alpha value is -2.14. The maximum Gasteiger partial charge on any atom is 0.224 e. The molecule has 0 bridgehead atoms. The molecule has 0 unspecified atom stereocenters. The molecule has 2 aromatic rings. The number of halogens is 1. The number of aryl methyl sites for hydroxylation is 1. The smallest absolute Gasteiger partial charge is 0.224 e. The molecule has 22 heavy (non-hydrogen) atoms. The van der Waals surface area contributed by atoms with E-state index >= 15 is 0 Å². The number of anilines is 2. The quantitative estimate of drug-likeness (QED) is 0.846. The van der Waals surface area contributed by atoms with Gasteiger partial charge in [0.1, 0.15) is 0 Å². The largest absolute Gasteiger partial charge is 0.325 e. The average Bonchev–Trinajstić information content (AvgIpc) is 2.49. The third-order valence-electron chi connectivity index (χ3n) is 3.05. The van der Waals surface area contributed by atoms with E-state index in [0.717, 1.165) is 10.0 Å². The first kappa shape index (κ1) is 16.2. The first-order chi connectivity index (χ1) is 10.5. The van der Waals surface area contributed by atoms with Crippen LogP contribution in [0.1, 0.15) is 18.9 Å². The van der Waals surface area contributed by atoms with Crippen LogP contribution in [0.2, 0.25) is 0 Å². The van der Waals surface area contributed by atoms with Gasteiger partial charge in [-0.1, -0.05) is 46.3 Å². The fraction of sp³-hybridized carbons (Fsp3) is 0.176. The molecule has 5 heteroatoms. The Morgan fingerprint density at radius 3 is 2.41 bits per heavy atom. The molecule has 2 amide bonds. The molecule has 4 nitrogen and oxygen atoms in total. The van der Waals surface area contributed by atoms with E-state index in [1.54, 1.807) is 12.1 Å². The van der Waals surface area contributed by atoms with E-state index < -0.39 is 0 Å². The topological polar surface area (TPSA) is 58.2 Å². The van der Waals surface area contributed by atoms with Crippen molar-refractivity contribution in [1.82, 2.24) is 0 Å². The van der Waals surface area contributed by atoms with E-state index in [4.69, 9.17) is 0 Å². The molecule has 0 aromatic heterocycles. The molecular weight excluding hydrogens is 344 g/mol. The highest BCUT2D eigenvalue weighted by atomic mass is 79.9. The molecule has 0 radical (unpaired) electrons. The molecule has 0 spiro atoms. The standard InChI is InChI=1S/C17H17BrN2O2/c1-12(21)19-15-9-8-14(18)11-16(15)20-17(22)10-7-13-5-3-2-4-6-13/h2-6,8-9,11H,7,10H2,1H3,(H,19,21)(H,20,22). The molecule has 2 aromatic carbocycles. The van der Waals surface area contributed by atoms with Gasteiger partial charge in [-0.15, -0.1) is 0 Å². The Kier molecular flexibility index (Phi) is 5.72. The van der Waals surface area contributed by atoms with Crippen LogP contribution in [0.5, 0.6) is 0 Å². The van der Waals surface area contributed by atoms with Crippen LogP contribution < -0.4 is 10.6 Å². The Morgan fingerprint density at radius 2 is 1.73 bits per heavy atom. The molecule has 0 atom stereocenters. The lowest BCUT2D eigenvalue weighted by Gasteiger charge is -2.12. The van der Waals surface area contributed by atoms with E-state index in [9.17, 15) is 9.59 Å². The first-order valence-corrected chi connectivity index (χ1v) is 7.75. The van der Waals surface area contributed by atoms with Crippen molar-refractivity contribution in [2.75, 3.05) is 10.6 Å². The molecule has 0 heterocycles. The number of carbonyl (C=O) groups is 2. The second-order valence-electron chi connectivity index (χ2n) is 4.90.